The second-order valence-corrected chi connectivity index (χ2v) is 6.29. The van der Waals surface area contributed by atoms with Gasteiger partial charge in [0.1, 0.15) is 5.82 Å². The Hall–Kier alpha value is -2.41. The molecule has 0 radical (unpaired) electrons. The zero-order chi connectivity index (χ0) is 17.8. The number of nitrogens with zero attached hydrogens (tertiary/aromatic N) is 5. The van der Waals surface area contributed by atoms with Crippen LogP contribution in [0, 0.1) is 6.92 Å². The van der Waals surface area contributed by atoms with Gasteiger partial charge in [-0.15, -0.1) is 0 Å². The van der Waals surface area contributed by atoms with Crippen molar-refractivity contribution in [1.82, 2.24) is 19.7 Å². The van der Waals surface area contributed by atoms with Crippen LogP contribution < -0.4 is 4.90 Å². The summed E-state index contributed by atoms with van der Waals surface area (Å²) in [6, 6.07) is 5.81. The van der Waals surface area contributed by atoms with Crippen LogP contribution in [0.3, 0.4) is 0 Å². The van der Waals surface area contributed by atoms with E-state index in [0.29, 0.717) is 12.2 Å². The second kappa shape index (κ2) is 7.65. The average Bonchev–Trinajstić information content (AvgIpc) is 2.93. The molecule has 0 N–H and O–H groups in total. The number of piperazine rings is 1. The maximum absolute atomic E-state index is 11.7. The highest BCUT2D eigenvalue weighted by Gasteiger charge is 2.19. The maximum Gasteiger partial charge on any atom is 0.339 e. The van der Waals surface area contributed by atoms with Crippen LogP contribution in [0.4, 0.5) is 5.82 Å². The minimum absolute atomic E-state index is 0.322. The van der Waals surface area contributed by atoms with E-state index in [1.807, 2.05) is 17.8 Å². The first kappa shape index (κ1) is 17.4. The molecule has 1 aliphatic rings. The monoisotopic (exact) mass is 343 g/mol. The number of aryl methyl sites for hydroxylation is 2. The van der Waals surface area contributed by atoms with E-state index in [1.54, 1.807) is 19.2 Å². The number of rotatable bonds is 5. The Morgan fingerprint density at radius 2 is 2.00 bits per heavy atom. The lowest BCUT2D eigenvalue weighted by atomic mass is 10.2. The molecule has 134 valence electrons. The van der Waals surface area contributed by atoms with Crippen molar-refractivity contribution in [2.45, 2.75) is 20.4 Å². The molecule has 0 spiro atoms. The number of hydrogen-bond acceptors (Lipinski definition) is 6. The van der Waals surface area contributed by atoms with Gasteiger partial charge in [-0.3, -0.25) is 9.58 Å². The van der Waals surface area contributed by atoms with Crippen molar-refractivity contribution < 1.29 is 9.53 Å². The number of anilines is 1. The summed E-state index contributed by atoms with van der Waals surface area (Å²) in [7, 11) is 1.97. The van der Waals surface area contributed by atoms with E-state index in [4.69, 9.17) is 4.74 Å². The Bertz CT molecular complexity index is 698. The second-order valence-electron chi connectivity index (χ2n) is 6.29. The van der Waals surface area contributed by atoms with Crippen molar-refractivity contribution in [2.24, 2.45) is 7.05 Å². The Morgan fingerprint density at radius 3 is 2.56 bits per heavy atom. The summed E-state index contributed by atoms with van der Waals surface area (Å²) in [5.74, 6) is 0.582. The van der Waals surface area contributed by atoms with Crippen LogP contribution in [0.5, 0.6) is 0 Å². The molecule has 2 aromatic rings. The fraction of sp³-hybridized carbons (Fsp3) is 0.500. The molecule has 0 saturated carbocycles. The van der Waals surface area contributed by atoms with Crippen molar-refractivity contribution >= 4 is 11.8 Å². The van der Waals surface area contributed by atoms with E-state index >= 15 is 0 Å². The Kier molecular flexibility index (Phi) is 5.33. The normalized spacial score (nSPS) is 15.4. The molecule has 0 aromatic carbocycles. The first-order valence-corrected chi connectivity index (χ1v) is 8.67. The Morgan fingerprint density at radius 1 is 1.24 bits per heavy atom. The number of aromatic nitrogens is 3. The number of carbonyl (C=O) groups excluding carboxylic acids is 1. The molecule has 0 aliphatic carbocycles. The van der Waals surface area contributed by atoms with Crippen LogP contribution in [0.25, 0.3) is 0 Å². The summed E-state index contributed by atoms with van der Waals surface area (Å²) >= 11 is 0. The Balaban J connectivity index is 1.54. The van der Waals surface area contributed by atoms with Gasteiger partial charge in [0.2, 0.25) is 0 Å². The smallest absolute Gasteiger partial charge is 0.339 e. The summed E-state index contributed by atoms with van der Waals surface area (Å²) in [6.07, 6.45) is 1.59. The largest absolute Gasteiger partial charge is 0.462 e. The van der Waals surface area contributed by atoms with Crippen molar-refractivity contribution in [3.05, 3.63) is 41.3 Å². The predicted octanol–water partition coefficient (Wildman–Crippen LogP) is 1.62. The van der Waals surface area contributed by atoms with Crippen molar-refractivity contribution in [2.75, 3.05) is 37.7 Å². The first-order chi connectivity index (χ1) is 12.1. The van der Waals surface area contributed by atoms with Gasteiger partial charge in [0.25, 0.3) is 0 Å². The SMILES string of the molecule is CCOC(=O)c1ccc(N2CCN(Cc3cc(C)n(C)n3)CC2)nc1. The summed E-state index contributed by atoms with van der Waals surface area (Å²) in [4.78, 5) is 20.8. The lowest BCUT2D eigenvalue weighted by Gasteiger charge is -2.35. The number of hydrogen-bond donors (Lipinski definition) is 0. The number of carbonyl (C=O) groups is 1. The third kappa shape index (κ3) is 4.17. The molecule has 0 unspecified atom stereocenters. The highest BCUT2D eigenvalue weighted by Crippen LogP contribution is 2.16. The number of pyridine rings is 1. The lowest BCUT2D eigenvalue weighted by molar-refractivity contribution is 0.0526. The van der Waals surface area contributed by atoms with Crippen LogP contribution >= 0.6 is 0 Å². The molecule has 1 aliphatic heterocycles. The fourth-order valence-corrected chi connectivity index (χ4v) is 2.98. The van der Waals surface area contributed by atoms with Gasteiger partial charge >= 0.3 is 5.97 Å². The maximum atomic E-state index is 11.7. The first-order valence-electron chi connectivity index (χ1n) is 8.67. The molecule has 7 nitrogen and oxygen atoms in total. The fourth-order valence-electron chi connectivity index (χ4n) is 2.98. The predicted molar refractivity (Wildman–Crippen MR) is 95.6 cm³/mol. The molecule has 3 rings (SSSR count). The summed E-state index contributed by atoms with van der Waals surface area (Å²) < 4.78 is 6.90. The number of esters is 1. The summed E-state index contributed by atoms with van der Waals surface area (Å²) in [5, 5.41) is 4.53. The molecule has 1 saturated heterocycles. The summed E-state index contributed by atoms with van der Waals surface area (Å²) in [5.41, 5.74) is 2.79. The van der Waals surface area contributed by atoms with Gasteiger partial charge in [0, 0.05) is 51.7 Å². The van der Waals surface area contributed by atoms with Crippen molar-refractivity contribution in [1.29, 1.82) is 0 Å². The van der Waals surface area contributed by atoms with Gasteiger partial charge in [-0.05, 0) is 32.0 Å². The average molecular weight is 343 g/mol. The molecular weight excluding hydrogens is 318 g/mol. The molecule has 2 aromatic heterocycles. The zero-order valence-corrected chi connectivity index (χ0v) is 15.1. The molecule has 7 heteroatoms. The highest BCUT2D eigenvalue weighted by molar-refractivity contribution is 5.89. The Labute approximate surface area is 148 Å². The zero-order valence-electron chi connectivity index (χ0n) is 15.1. The van der Waals surface area contributed by atoms with E-state index in [0.717, 1.165) is 44.2 Å². The van der Waals surface area contributed by atoms with E-state index < -0.39 is 0 Å². The van der Waals surface area contributed by atoms with Gasteiger partial charge in [0.15, 0.2) is 0 Å². The quantitative estimate of drug-likeness (QED) is 0.769. The van der Waals surface area contributed by atoms with Gasteiger partial charge in [-0.2, -0.15) is 5.10 Å². The van der Waals surface area contributed by atoms with Gasteiger partial charge in [-0.25, -0.2) is 9.78 Å². The molecule has 0 atom stereocenters. The minimum atomic E-state index is -0.322. The lowest BCUT2D eigenvalue weighted by Crippen LogP contribution is -2.46. The summed E-state index contributed by atoms with van der Waals surface area (Å²) in [6.45, 7) is 8.89. The molecule has 0 bridgehead atoms. The third-order valence-electron chi connectivity index (χ3n) is 4.51. The number of ether oxygens (including phenoxy) is 1. The van der Waals surface area contributed by atoms with Crippen LogP contribution in [0.2, 0.25) is 0 Å². The van der Waals surface area contributed by atoms with E-state index in [1.165, 1.54) is 5.69 Å². The minimum Gasteiger partial charge on any atom is -0.462 e. The van der Waals surface area contributed by atoms with Crippen LogP contribution in [-0.4, -0.2) is 58.4 Å². The van der Waals surface area contributed by atoms with Crippen molar-refractivity contribution in [3.63, 3.8) is 0 Å². The standard InChI is InChI=1S/C18H25N5O2/c1-4-25-18(24)15-5-6-17(19-12-15)23-9-7-22(8-10-23)13-16-11-14(2)21(3)20-16/h5-6,11-12H,4,7-10,13H2,1-3H3. The molecule has 25 heavy (non-hydrogen) atoms. The molecule has 0 amide bonds. The van der Waals surface area contributed by atoms with Crippen LogP contribution in [-0.2, 0) is 18.3 Å². The molecule has 3 heterocycles. The van der Waals surface area contributed by atoms with E-state index in [9.17, 15) is 4.79 Å². The van der Waals surface area contributed by atoms with Crippen molar-refractivity contribution in [3.8, 4) is 0 Å². The van der Waals surface area contributed by atoms with Gasteiger partial charge in [0.05, 0.1) is 17.9 Å². The van der Waals surface area contributed by atoms with E-state index in [-0.39, 0.29) is 5.97 Å². The highest BCUT2D eigenvalue weighted by atomic mass is 16.5. The molecule has 1 fully saturated rings. The third-order valence-corrected chi connectivity index (χ3v) is 4.51. The van der Waals surface area contributed by atoms with Crippen LogP contribution in [0.1, 0.15) is 28.7 Å². The van der Waals surface area contributed by atoms with Gasteiger partial charge < -0.3 is 9.64 Å². The van der Waals surface area contributed by atoms with E-state index in [2.05, 4.69) is 32.9 Å². The van der Waals surface area contributed by atoms with Gasteiger partial charge in [-0.1, -0.05) is 0 Å². The van der Waals surface area contributed by atoms with Crippen LogP contribution in [0.15, 0.2) is 24.4 Å². The molecular formula is C18H25N5O2. The topological polar surface area (TPSA) is 63.5 Å².